The van der Waals surface area contributed by atoms with E-state index in [1.165, 1.54) is 5.56 Å². The van der Waals surface area contributed by atoms with E-state index in [9.17, 15) is 0 Å². The van der Waals surface area contributed by atoms with Crippen molar-refractivity contribution in [3.8, 4) is 11.5 Å². The van der Waals surface area contributed by atoms with E-state index in [4.69, 9.17) is 9.47 Å². The molecule has 2 heterocycles. The maximum absolute atomic E-state index is 5.40. The molecule has 0 unspecified atom stereocenters. The maximum atomic E-state index is 5.40. The van der Waals surface area contributed by atoms with Crippen molar-refractivity contribution in [1.82, 2.24) is 0 Å². The third kappa shape index (κ3) is 4.28. The van der Waals surface area contributed by atoms with Crippen LogP contribution in [0.3, 0.4) is 0 Å². The zero-order chi connectivity index (χ0) is 16.2. The Labute approximate surface area is 157 Å². The van der Waals surface area contributed by atoms with E-state index in [0.717, 1.165) is 29.2 Å². The minimum absolute atomic E-state index is 0. The van der Waals surface area contributed by atoms with Gasteiger partial charge in [-0.2, -0.15) is 0 Å². The molecule has 0 amide bonds. The molecule has 4 rings (SSSR count). The average molecular weight is 396 g/mol. The summed E-state index contributed by atoms with van der Waals surface area (Å²) >= 11 is 0. The molecule has 0 fully saturated rings. The van der Waals surface area contributed by atoms with Crippen LogP contribution in [0.2, 0.25) is 0 Å². The fourth-order valence-electron chi connectivity index (χ4n) is 2.69. The molecule has 0 spiro atoms. The van der Waals surface area contributed by atoms with E-state index in [0.29, 0.717) is 6.79 Å². The molecule has 0 N–H and O–H groups in total. The molecule has 0 saturated heterocycles. The summed E-state index contributed by atoms with van der Waals surface area (Å²) in [7, 11) is 0. The van der Waals surface area contributed by atoms with Gasteiger partial charge in [0.1, 0.15) is 0 Å². The normalized spacial score (nSPS) is 12.2. The number of hydrogen-bond acceptors (Lipinski definition) is 2. The highest BCUT2D eigenvalue weighted by Crippen LogP contribution is 2.32. The van der Waals surface area contributed by atoms with Crippen molar-refractivity contribution in [3.05, 3.63) is 89.7 Å². The Kier molecular flexibility index (Phi) is 5.51. The molecule has 25 heavy (non-hydrogen) atoms. The zero-order valence-corrected chi connectivity index (χ0v) is 15.2. The molecule has 0 bridgehead atoms. The van der Waals surface area contributed by atoms with Crippen molar-refractivity contribution in [2.45, 2.75) is 6.54 Å². The zero-order valence-electron chi connectivity index (χ0n) is 13.6. The number of benzene rings is 2. The van der Waals surface area contributed by atoms with Gasteiger partial charge in [0.05, 0.1) is 0 Å². The van der Waals surface area contributed by atoms with Gasteiger partial charge in [0.15, 0.2) is 30.4 Å². The van der Waals surface area contributed by atoms with Crippen molar-refractivity contribution in [2.75, 3.05) is 6.79 Å². The van der Waals surface area contributed by atoms with Gasteiger partial charge in [-0.05, 0) is 23.3 Å². The largest absolute Gasteiger partial charge is 1.00 e. The lowest BCUT2D eigenvalue weighted by Crippen LogP contribution is -3.00. The Morgan fingerprint density at radius 1 is 0.800 bits per heavy atom. The standard InChI is InChI=1S/C21H18NO2.BrH/c1-2-4-19(5-3-1)15-22-12-10-17(11-13-22)6-7-18-8-9-20-21(14-18)24-16-23-20;/h1-14H,15-16H2;1H/q+1;/p-1. The third-order valence-corrected chi connectivity index (χ3v) is 3.99. The summed E-state index contributed by atoms with van der Waals surface area (Å²) in [4.78, 5) is 0. The number of nitrogens with zero attached hydrogens (tertiary/aromatic N) is 1. The molecule has 4 heteroatoms. The highest BCUT2D eigenvalue weighted by molar-refractivity contribution is 5.70. The quantitative estimate of drug-likeness (QED) is 0.613. The van der Waals surface area contributed by atoms with Gasteiger partial charge in [-0.3, -0.25) is 0 Å². The first-order chi connectivity index (χ1) is 11.9. The molecular weight excluding hydrogens is 378 g/mol. The van der Waals surface area contributed by atoms with Crippen LogP contribution in [0.4, 0.5) is 0 Å². The number of halogens is 1. The molecule has 1 aromatic heterocycles. The second kappa shape index (κ2) is 7.99. The Hall–Kier alpha value is -2.59. The minimum atomic E-state index is 0. The van der Waals surface area contributed by atoms with Crippen molar-refractivity contribution in [1.29, 1.82) is 0 Å². The van der Waals surface area contributed by atoms with Crippen LogP contribution >= 0.6 is 0 Å². The Morgan fingerprint density at radius 3 is 2.32 bits per heavy atom. The summed E-state index contributed by atoms with van der Waals surface area (Å²) < 4.78 is 12.9. The molecule has 0 radical (unpaired) electrons. The van der Waals surface area contributed by atoms with Gasteiger partial charge < -0.3 is 26.5 Å². The van der Waals surface area contributed by atoms with E-state index in [1.54, 1.807) is 0 Å². The van der Waals surface area contributed by atoms with Crippen LogP contribution in [0.5, 0.6) is 11.5 Å². The molecular formula is C21H18BrNO2. The van der Waals surface area contributed by atoms with Gasteiger partial charge >= 0.3 is 0 Å². The highest BCUT2D eigenvalue weighted by Gasteiger charge is 2.12. The number of pyridine rings is 1. The molecule has 126 valence electrons. The van der Waals surface area contributed by atoms with E-state index in [2.05, 4.69) is 65.5 Å². The van der Waals surface area contributed by atoms with Crippen LogP contribution in [0.25, 0.3) is 12.2 Å². The van der Waals surface area contributed by atoms with Crippen molar-refractivity contribution in [2.24, 2.45) is 0 Å². The SMILES string of the molecule is C(=Cc1ccc2c(c1)OCO2)c1cc[n+](Cc2ccccc2)cc1.[Br-]. The van der Waals surface area contributed by atoms with Crippen molar-refractivity contribution >= 4 is 12.2 Å². The lowest BCUT2D eigenvalue weighted by molar-refractivity contribution is -0.688. The van der Waals surface area contributed by atoms with Crippen LogP contribution < -0.4 is 31.0 Å². The number of hydrogen-bond donors (Lipinski definition) is 0. The summed E-state index contributed by atoms with van der Waals surface area (Å²) in [6.45, 7) is 1.19. The molecule has 0 aliphatic carbocycles. The fourth-order valence-corrected chi connectivity index (χ4v) is 2.69. The number of aromatic nitrogens is 1. The van der Waals surface area contributed by atoms with Crippen LogP contribution in [0, 0.1) is 0 Å². The number of rotatable bonds is 4. The van der Waals surface area contributed by atoms with E-state index >= 15 is 0 Å². The first kappa shape index (κ1) is 17.2. The summed E-state index contributed by atoms with van der Waals surface area (Å²) in [5, 5.41) is 0. The summed E-state index contributed by atoms with van der Waals surface area (Å²) in [6, 6.07) is 20.7. The Bertz CT molecular complexity index is 861. The topological polar surface area (TPSA) is 22.3 Å². The average Bonchev–Trinajstić information content (AvgIpc) is 3.10. The second-order valence-electron chi connectivity index (χ2n) is 5.74. The molecule has 1 aliphatic heterocycles. The smallest absolute Gasteiger partial charge is 0.231 e. The van der Waals surface area contributed by atoms with Gasteiger partial charge in [-0.1, -0.05) is 48.6 Å². The van der Waals surface area contributed by atoms with E-state index < -0.39 is 0 Å². The third-order valence-electron chi connectivity index (χ3n) is 3.99. The first-order valence-corrected chi connectivity index (χ1v) is 7.98. The predicted molar refractivity (Wildman–Crippen MR) is 93.7 cm³/mol. The van der Waals surface area contributed by atoms with Crippen molar-refractivity contribution < 1.29 is 31.0 Å². The minimum Gasteiger partial charge on any atom is -1.00 e. The van der Waals surface area contributed by atoms with Crippen LogP contribution in [0.1, 0.15) is 16.7 Å². The van der Waals surface area contributed by atoms with Gasteiger partial charge in [-0.15, -0.1) is 0 Å². The van der Waals surface area contributed by atoms with Gasteiger partial charge in [-0.25, -0.2) is 4.57 Å². The van der Waals surface area contributed by atoms with Gasteiger partial charge in [0.25, 0.3) is 0 Å². The van der Waals surface area contributed by atoms with E-state index in [-0.39, 0.29) is 17.0 Å². The highest BCUT2D eigenvalue weighted by atomic mass is 79.9. The van der Waals surface area contributed by atoms with E-state index in [1.807, 2.05) is 24.3 Å². The second-order valence-corrected chi connectivity index (χ2v) is 5.74. The molecule has 3 aromatic rings. The summed E-state index contributed by atoms with van der Waals surface area (Å²) in [5.41, 5.74) is 3.56. The van der Waals surface area contributed by atoms with Crippen LogP contribution in [0.15, 0.2) is 73.1 Å². The first-order valence-electron chi connectivity index (χ1n) is 7.98. The molecule has 1 aliphatic rings. The van der Waals surface area contributed by atoms with Crippen LogP contribution in [-0.4, -0.2) is 6.79 Å². The summed E-state index contributed by atoms with van der Waals surface area (Å²) in [6.07, 6.45) is 8.39. The number of fused-ring (bicyclic) bond motifs is 1. The number of ether oxygens (including phenoxy) is 2. The predicted octanol–water partition coefficient (Wildman–Crippen LogP) is 0.925. The van der Waals surface area contributed by atoms with Crippen molar-refractivity contribution in [3.63, 3.8) is 0 Å². The van der Waals surface area contributed by atoms with Crippen LogP contribution in [-0.2, 0) is 6.54 Å². The molecule has 0 atom stereocenters. The van der Waals surface area contributed by atoms with Gasteiger partial charge in [0.2, 0.25) is 6.79 Å². The molecule has 2 aromatic carbocycles. The monoisotopic (exact) mass is 395 g/mol. The fraction of sp³-hybridized carbons (Fsp3) is 0.0952. The Morgan fingerprint density at radius 2 is 1.52 bits per heavy atom. The summed E-state index contributed by atoms with van der Waals surface area (Å²) in [5.74, 6) is 1.62. The maximum Gasteiger partial charge on any atom is 0.231 e. The Balaban J connectivity index is 0.00000182. The molecule has 0 saturated carbocycles. The lowest BCUT2D eigenvalue weighted by Gasteiger charge is -1.99. The molecule has 3 nitrogen and oxygen atoms in total. The van der Waals surface area contributed by atoms with Gasteiger partial charge in [0, 0.05) is 17.7 Å². The lowest BCUT2D eigenvalue weighted by atomic mass is 10.1.